The fourth-order valence-corrected chi connectivity index (χ4v) is 3.07. The highest BCUT2D eigenvalue weighted by Gasteiger charge is 2.24. The lowest BCUT2D eigenvalue weighted by molar-refractivity contribution is -0.387. The summed E-state index contributed by atoms with van der Waals surface area (Å²) >= 11 is 6.94. The zero-order chi connectivity index (χ0) is 19.2. The summed E-state index contributed by atoms with van der Waals surface area (Å²) in [7, 11) is 0. The van der Waals surface area contributed by atoms with E-state index in [0.29, 0.717) is 10.6 Å². The number of rotatable bonds is 6. The molecule has 1 amide bonds. The Morgan fingerprint density at radius 3 is 2.44 bits per heavy atom. The van der Waals surface area contributed by atoms with Gasteiger partial charge in [0.05, 0.1) is 4.92 Å². The molecule has 27 heavy (non-hydrogen) atoms. The number of carbonyl (C=O) groups excluding carboxylic acids is 1. The molecule has 0 bridgehead atoms. The number of carbonyl (C=O) groups is 1. The molecular weight excluding hydrogens is 390 g/mol. The normalized spacial score (nSPS) is 10.3. The maximum absolute atomic E-state index is 12.1. The third kappa shape index (κ3) is 4.72. The fourth-order valence-electron chi connectivity index (χ4n) is 2.09. The topological polar surface area (TPSA) is 110 Å². The first-order chi connectivity index (χ1) is 13.0. The maximum Gasteiger partial charge on any atom is 0.345 e. The van der Waals surface area contributed by atoms with E-state index in [1.807, 2.05) is 0 Å². The van der Waals surface area contributed by atoms with Gasteiger partial charge in [0.2, 0.25) is 5.82 Å². The predicted molar refractivity (Wildman–Crippen MR) is 102 cm³/mol. The first-order valence-corrected chi connectivity index (χ1v) is 8.78. The summed E-state index contributed by atoms with van der Waals surface area (Å²) in [4.78, 5) is 31.6. The maximum atomic E-state index is 12.1. The van der Waals surface area contributed by atoms with Gasteiger partial charge >= 0.3 is 5.69 Å². The Labute approximate surface area is 163 Å². The number of nitrogens with one attached hydrogen (secondary N) is 2. The SMILES string of the molecule is O=C(NNc1ncnc(Sc2ccc(Cl)cc2)c1[N+](=O)[O-])c1ccccc1. The monoisotopic (exact) mass is 401 g/mol. The van der Waals surface area contributed by atoms with Crippen molar-refractivity contribution >= 4 is 40.8 Å². The quantitative estimate of drug-likeness (QED) is 0.365. The molecule has 1 heterocycles. The molecule has 2 aromatic carbocycles. The first-order valence-electron chi connectivity index (χ1n) is 7.59. The van der Waals surface area contributed by atoms with Crippen molar-refractivity contribution in [2.45, 2.75) is 9.92 Å². The molecule has 0 saturated heterocycles. The van der Waals surface area contributed by atoms with Gasteiger partial charge in [-0.15, -0.1) is 0 Å². The number of nitro groups is 1. The lowest BCUT2D eigenvalue weighted by Gasteiger charge is -2.09. The summed E-state index contributed by atoms with van der Waals surface area (Å²) < 4.78 is 0. The Morgan fingerprint density at radius 2 is 1.78 bits per heavy atom. The molecule has 0 aliphatic heterocycles. The van der Waals surface area contributed by atoms with Crippen LogP contribution in [-0.4, -0.2) is 20.8 Å². The molecule has 136 valence electrons. The number of halogens is 1. The van der Waals surface area contributed by atoms with Crippen LogP contribution in [0.3, 0.4) is 0 Å². The Balaban J connectivity index is 1.82. The molecule has 2 N–H and O–H groups in total. The van der Waals surface area contributed by atoms with Crippen molar-refractivity contribution in [1.29, 1.82) is 0 Å². The van der Waals surface area contributed by atoms with Crippen molar-refractivity contribution in [2.24, 2.45) is 0 Å². The van der Waals surface area contributed by atoms with Gasteiger partial charge in [0.1, 0.15) is 6.33 Å². The molecule has 3 aromatic rings. The van der Waals surface area contributed by atoms with Crippen LogP contribution in [-0.2, 0) is 0 Å². The predicted octanol–water partition coefficient (Wildman–Crippen LogP) is 3.95. The lowest BCUT2D eigenvalue weighted by atomic mass is 10.2. The van der Waals surface area contributed by atoms with Crippen LogP contribution in [0, 0.1) is 10.1 Å². The second kappa shape index (κ2) is 8.47. The number of anilines is 1. The van der Waals surface area contributed by atoms with E-state index in [9.17, 15) is 14.9 Å². The van der Waals surface area contributed by atoms with Crippen LogP contribution in [0.25, 0.3) is 0 Å². The summed E-state index contributed by atoms with van der Waals surface area (Å²) in [6.45, 7) is 0. The van der Waals surface area contributed by atoms with Gasteiger partial charge in [0, 0.05) is 15.5 Å². The molecular formula is C17H12ClN5O3S. The van der Waals surface area contributed by atoms with Crippen molar-refractivity contribution in [2.75, 3.05) is 5.43 Å². The van der Waals surface area contributed by atoms with Crippen molar-refractivity contribution in [3.05, 3.63) is 81.6 Å². The van der Waals surface area contributed by atoms with E-state index in [4.69, 9.17) is 11.6 Å². The van der Waals surface area contributed by atoms with Gasteiger partial charge in [-0.2, -0.15) is 0 Å². The number of hydrazine groups is 1. The third-order valence-electron chi connectivity index (χ3n) is 3.33. The number of amides is 1. The molecule has 0 aliphatic rings. The second-order valence-corrected chi connectivity index (χ2v) is 6.63. The average molecular weight is 402 g/mol. The minimum absolute atomic E-state index is 0.115. The van der Waals surface area contributed by atoms with Gasteiger partial charge in [0.15, 0.2) is 5.03 Å². The number of nitrogens with zero attached hydrogens (tertiary/aromatic N) is 3. The molecule has 0 unspecified atom stereocenters. The Bertz CT molecular complexity index is 970. The molecule has 8 nitrogen and oxygen atoms in total. The number of aromatic nitrogens is 2. The summed E-state index contributed by atoms with van der Waals surface area (Å²) in [6.07, 6.45) is 1.18. The Morgan fingerprint density at radius 1 is 1.07 bits per heavy atom. The van der Waals surface area contributed by atoms with Crippen LogP contribution in [0.4, 0.5) is 11.5 Å². The summed E-state index contributed by atoms with van der Waals surface area (Å²) in [6, 6.07) is 15.2. The second-order valence-electron chi connectivity index (χ2n) is 5.13. The van der Waals surface area contributed by atoms with Crippen LogP contribution >= 0.6 is 23.4 Å². The standard InChI is InChI=1S/C17H12ClN5O3S/c18-12-6-8-13(9-7-12)27-17-14(23(25)26)15(19-10-20-17)21-22-16(24)11-4-2-1-3-5-11/h1-10H,(H,22,24)(H,19,20,21). The fraction of sp³-hybridized carbons (Fsp3) is 0. The molecule has 0 atom stereocenters. The van der Waals surface area contributed by atoms with Crippen LogP contribution in [0.15, 0.2) is 70.8 Å². The van der Waals surface area contributed by atoms with Crippen molar-refractivity contribution < 1.29 is 9.72 Å². The third-order valence-corrected chi connectivity index (χ3v) is 4.58. The first kappa shape index (κ1) is 18.6. The molecule has 0 radical (unpaired) electrons. The summed E-state index contributed by atoms with van der Waals surface area (Å²) in [5, 5.41) is 12.2. The van der Waals surface area contributed by atoms with E-state index in [1.165, 1.54) is 6.33 Å². The summed E-state index contributed by atoms with van der Waals surface area (Å²) in [5.74, 6) is -0.564. The van der Waals surface area contributed by atoms with Crippen LogP contribution in [0.2, 0.25) is 5.02 Å². The van der Waals surface area contributed by atoms with E-state index >= 15 is 0 Å². The van der Waals surface area contributed by atoms with Gasteiger partial charge in [-0.05, 0) is 36.4 Å². The minimum Gasteiger partial charge on any atom is -0.276 e. The van der Waals surface area contributed by atoms with E-state index in [2.05, 4.69) is 20.8 Å². The molecule has 0 saturated carbocycles. The van der Waals surface area contributed by atoms with Crippen molar-refractivity contribution in [3.8, 4) is 0 Å². The van der Waals surface area contributed by atoms with E-state index in [1.54, 1.807) is 54.6 Å². The highest BCUT2D eigenvalue weighted by molar-refractivity contribution is 7.99. The van der Waals surface area contributed by atoms with E-state index in [-0.39, 0.29) is 16.5 Å². The number of hydrogen-bond donors (Lipinski definition) is 2. The van der Waals surface area contributed by atoms with Gasteiger partial charge in [0.25, 0.3) is 5.91 Å². The smallest absolute Gasteiger partial charge is 0.276 e. The van der Waals surface area contributed by atoms with E-state index < -0.39 is 10.8 Å². The highest BCUT2D eigenvalue weighted by atomic mass is 35.5. The van der Waals surface area contributed by atoms with Crippen LogP contribution in [0.5, 0.6) is 0 Å². The number of hydrogen-bond acceptors (Lipinski definition) is 7. The largest absolute Gasteiger partial charge is 0.345 e. The Kier molecular flexibility index (Phi) is 5.84. The Hall–Kier alpha value is -3.17. The highest BCUT2D eigenvalue weighted by Crippen LogP contribution is 2.36. The molecule has 1 aromatic heterocycles. The van der Waals surface area contributed by atoms with Crippen molar-refractivity contribution in [3.63, 3.8) is 0 Å². The average Bonchev–Trinajstić information content (AvgIpc) is 2.68. The zero-order valence-corrected chi connectivity index (χ0v) is 15.2. The molecule has 0 aliphatic carbocycles. The van der Waals surface area contributed by atoms with Gasteiger partial charge in [-0.1, -0.05) is 41.6 Å². The zero-order valence-electron chi connectivity index (χ0n) is 13.6. The molecule has 10 heteroatoms. The summed E-state index contributed by atoms with van der Waals surface area (Å²) in [5.41, 5.74) is 4.96. The molecule has 0 spiro atoms. The minimum atomic E-state index is -0.602. The van der Waals surface area contributed by atoms with Crippen LogP contribution in [0.1, 0.15) is 10.4 Å². The lowest BCUT2D eigenvalue weighted by Crippen LogP contribution is -2.30. The van der Waals surface area contributed by atoms with Gasteiger partial charge in [-0.25, -0.2) is 9.97 Å². The van der Waals surface area contributed by atoms with Crippen LogP contribution < -0.4 is 10.9 Å². The van der Waals surface area contributed by atoms with Gasteiger partial charge < -0.3 is 0 Å². The van der Waals surface area contributed by atoms with Crippen molar-refractivity contribution in [1.82, 2.24) is 15.4 Å². The molecule has 0 fully saturated rings. The van der Waals surface area contributed by atoms with E-state index in [0.717, 1.165) is 16.7 Å². The number of benzene rings is 2. The molecule has 3 rings (SSSR count). The van der Waals surface area contributed by atoms with Gasteiger partial charge in [-0.3, -0.25) is 25.8 Å².